The monoisotopic (exact) mass is 458 g/mol. The molecule has 2 aromatic carbocycles. The molecular weight excluding hydrogens is 440 g/mol. The third-order valence-corrected chi connectivity index (χ3v) is 5.51. The van der Waals surface area contributed by atoms with Crippen LogP contribution in [0.25, 0.3) is 11.4 Å². The predicted molar refractivity (Wildman–Crippen MR) is 116 cm³/mol. The first kappa shape index (κ1) is 20.2. The molecule has 0 bridgehead atoms. The van der Waals surface area contributed by atoms with E-state index in [2.05, 4.69) is 38.0 Å². The Bertz CT molecular complexity index is 990. The van der Waals surface area contributed by atoms with Crippen molar-refractivity contribution < 1.29 is 9.53 Å². The molecule has 3 aromatic rings. The van der Waals surface area contributed by atoms with E-state index in [9.17, 15) is 4.79 Å². The van der Waals surface area contributed by atoms with Gasteiger partial charge in [-0.2, -0.15) is 0 Å². The van der Waals surface area contributed by atoms with Gasteiger partial charge < -0.3 is 10.1 Å². The van der Waals surface area contributed by atoms with Gasteiger partial charge >= 0.3 is 0 Å². The Balaban J connectivity index is 1.77. The van der Waals surface area contributed by atoms with Crippen molar-refractivity contribution in [3.8, 4) is 17.1 Å². The molecule has 0 spiro atoms. The van der Waals surface area contributed by atoms with Gasteiger partial charge in [-0.3, -0.25) is 9.36 Å². The number of methoxy groups -OCH3 is 1. The number of anilines is 1. The van der Waals surface area contributed by atoms with Crippen molar-refractivity contribution in [1.82, 2.24) is 14.8 Å². The number of aromatic nitrogens is 3. The molecule has 0 aliphatic carbocycles. The van der Waals surface area contributed by atoms with Crippen LogP contribution in [0.3, 0.4) is 0 Å². The number of ether oxygens (including phenoxy) is 1. The van der Waals surface area contributed by atoms with Crippen LogP contribution in [-0.4, -0.2) is 33.5 Å². The number of amides is 1. The van der Waals surface area contributed by atoms with E-state index in [1.807, 2.05) is 53.1 Å². The average Bonchev–Trinajstić information content (AvgIpc) is 3.11. The fraction of sp³-hybridized carbons (Fsp3) is 0.150. The summed E-state index contributed by atoms with van der Waals surface area (Å²) in [4.78, 5) is 12.3. The summed E-state index contributed by atoms with van der Waals surface area (Å²) >= 11 is 4.75. The Kier molecular flexibility index (Phi) is 6.89. The van der Waals surface area contributed by atoms with E-state index in [1.54, 1.807) is 13.2 Å². The lowest BCUT2D eigenvalue weighted by molar-refractivity contribution is -0.113. The van der Waals surface area contributed by atoms with Crippen molar-refractivity contribution in [1.29, 1.82) is 0 Å². The Labute approximate surface area is 176 Å². The number of thioether (sulfide) groups is 1. The van der Waals surface area contributed by atoms with E-state index < -0.39 is 0 Å². The van der Waals surface area contributed by atoms with Crippen LogP contribution in [0.2, 0.25) is 0 Å². The molecule has 28 heavy (non-hydrogen) atoms. The van der Waals surface area contributed by atoms with Gasteiger partial charge in [-0.15, -0.1) is 16.8 Å². The number of nitrogens with zero attached hydrogens (tertiary/aromatic N) is 3. The molecule has 0 atom stereocenters. The van der Waals surface area contributed by atoms with Gasteiger partial charge in [0.25, 0.3) is 0 Å². The molecule has 0 fully saturated rings. The summed E-state index contributed by atoms with van der Waals surface area (Å²) in [5.41, 5.74) is 1.57. The Morgan fingerprint density at radius 3 is 2.75 bits per heavy atom. The molecule has 0 radical (unpaired) electrons. The van der Waals surface area contributed by atoms with E-state index in [1.165, 1.54) is 11.8 Å². The molecule has 0 saturated carbocycles. The lowest BCUT2D eigenvalue weighted by atomic mass is 10.2. The van der Waals surface area contributed by atoms with E-state index >= 15 is 0 Å². The summed E-state index contributed by atoms with van der Waals surface area (Å²) in [7, 11) is 1.62. The van der Waals surface area contributed by atoms with Crippen molar-refractivity contribution in [2.24, 2.45) is 0 Å². The van der Waals surface area contributed by atoms with Gasteiger partial charge in [-0.1, -0.05) is 42.1 Å². The van der Waals surface area contributed by atoms with Crippen LogP contribution in [0.4, 0.5) is 5.69 Å². The second kappa shape index (κ2) is 9.57. The number of carbonyl (C=O) groups is 1. The minimum Gasteiger partial charge on any atom is -0.496 e. The first-order valence-electron chi connectivity index (χ1n) is 8.48. The summed E-state index contributed by atoms with van der Waals surface area (Å²) < 4.78 is 8.19. The molecule has 6 nitrogen and oxygen atoms in total. The molecule has 3 rings (SSSR count). The van der Waals surface area contributed by atoms with Crippen LogP contribution in [-0.2, 0) is 11.3 Å². The summed E-state index contributed by atoms with van der Waals surface area (Å²) in [6.45, 7) is 4.34. The van der Waals surface area contributed by atoms with Gasteiger partial charge in [0.05, 0.1) is 24.1 Å². The highest BCUT2D eigenvalue weighted by molar-refractivity contribution is 9.10. The lowest BCUT2D eigenvalue weighted by Gasteiger charge is -2.11. The van der Waals surface area contributed by atoms with Crippen molar-refractivity contribution in [3.05, 3.63) is 65.7 Å². The largest absolute Gasteiger partial charge is 0.496 e. The van der Waals surface area contributed by atoms with Crippen LogP contribution in [0.1, 0.15) is 0 Å². The molecule has 8 heteroatoms. The zero-order chi connectivity index (χ0) is 19.9. The van der Waals surface area contributed by atoms with E-state index in [0.717, 1.165) is 15.7 Å². The maximum absolute atomic E-state index is 12.3. The SMILES string of the molecule is C=CCn1c(SCC(=O)Nc2ccccc2Br)nnc1-c1ccccc1OC. The number of allylic oxidation sites excluding steroid dienone is 1. The van der Waals surface area contributed by atoms with E-state index in [0.29, 0.717) is 23.3 Å². The highest BCUT2D eigenvalue weighted by Gasteiger charge is 2.17. The number of rotatable bonds is 8. The lowest BCUT2D eigenvalue weighted by Crippen LogP contribution is -2.15. The Morgan fingerprint density at radius 2 is 2.00 bits per heavy atom. The van der Waals surface area contributed by atoms with Crippen molar-refractivity contribution in [3.63, 3.8) is 0 Å². The van der Waals surface area contributed by atoms with Crippen LogP contribution in [0.5, 0.6) is 5.75 Å². The summed E-state index contributed by atoms with van der Waals surface area (Å²) in [6.07, 6.45) is 1.77. The maximum Gasteiger partial charge on any atom is 0.234 e. The number of hydrogen-bond donors (Lipinski definition) is 1. The van der Waals surface area contributed by atoms with Crippen molar-refractivity contribution in [2.45, 2.75) is 11.7 Å². The summed E-state index contributed by atoms with van der Waals surface area (Å²) in [5.74, 6) is 1.47. The molecule has 0 aliphatic rings. The Morgan fingerprint density at radius 1 is 1.25 bits per heavy atom. The van der Waals surface area contributed by atoms with E-state index in [4.69, 9.17) is 4.74 Å². The number of halogens is 1. The number of carbonyl (C=O) groups excluding carboxylic acids is 1. The molecule has 1 aromatic heterocycles. The number of para-hydroxylation sites is 2. The van der Waals surface area contributed by atoms with Gasteiger partial charge in [0.1, 0.15) is 5.75 Å². The van der Waals surface area contributed by atoms with Crippen LogP contribution in [0, 0.1) is 0 Å². The van der Waals surface area contributed by atoms with Crippen molar-refractivity contribution >= 4 is 39.3 Å². The maximum atomic E-state index is 12.3. The molecule has 1 amide bonds. The molecule has 0 unspecified atom stereocenters. The normalized spacial score (nSPS) is 10.5. The standard InChI is InChI=1S/C20H19BrN4O2S/c1-3-12-25-19(14-8-4-7-11-17(14)27-2)23-24-20(25)28-13-18(26)22-16-10-6-5-9-15(16)21/h3-11H,1,12-13H2,2H3,(H,22,26). The molecular formula is C20H19BrN4O2S. The second-order valence-corrected chi connectivity index (χ2v) is 7.52. The van der Waals surface area contributed by atoms with Crippen LogP contribution < -0.4 is 10.1 Å². The summed E-state index contributed by atoms with van der Waals surface area (Å²) in [5, 5.41) is 12.1. The molecule has 144 valence electrons. The minimum absolute atomic E-state index is 0.121. The third-order valence-electron chi connectivity index (χ3n) is 3.86. The van der Waals surface area contributed by atoms with E-state index in [-0.39, 0.29) is 11.7 Å². The van der Waals surface area contributed by atoms with Crippen molar-refractivity contribution in [2.75, 3.05) is 18.2 Å². The highest BCUT2D eigenvalue weighted by Crippen LogP contribution is 2.31. The number of hydrogen-bond acceptors (Lipinski definition) is 5. The zero-order valence-electron chi connectivity index (χ0n) is 15.3. The fourth-order valence-electron chi connectivity index (χ4n) is 2.60. The Hall–Kier alpha value is -2.58. The molecule has 1 N–H and O–H groups in total. The first-order chi connectivity index (χ1) is 13.6. The predicted octanol–water partition coefficient (Wildman–Crippen LogP) is 4.63. The second-order valence-electron chi connectivity index (χ2n) is 5.72. The molecule has 0 saturated heterocycles. The minimum atomic E-state index is -0.121. The number of nitrogens with one attached hydrogen (secondary N) is 1. The van der Waals surface area contributed by atoms with Gasteiger partial charge in [0.15, 0.2) is 11.0 Å². The average molecular weight is 459 g/mol. The third kappa shape index (κ3) is 4.63. The zero-order valence-corrected chi connectivity index (χ0v) is 17.7. The highest BCUT2D eigenvalue weighted by atomic mass is 79.9. The van der Waals surface area contributed by atoms with Gasteiger partial charge in [0.2, 0.25) is 5.91 Å². The smallest absolute Gasteiger partial charge is 0.234 e. The van der Waals surface area contributed by atoms with Crippen LogP contribution in [0.15, 0.2) is 70.8 Å². The molecule has 0 aliphatic heterocycles. The first-order valence-corrected chi connectivity index (χ1v) is 10.3. The quantitative estimate of drug-likeness (QED) is 0.393. The summed E-state index contributed by atoms with van der Waals surface area (Å²) in [6, 6.07) is 15.1. The number of benzene rings is 2. The fourth-order valence-corrected chi connectivity index (χ4v) is 3.73. The van der Waals surface area contributed by atoms with Gasteiger partial charge in [-0.25, -0.2) is 0 Å². The van der Waals surface area contributed by atoms with Gasteiger partial charge in [0, 0.05) is 11.0 Å². The van der Waals surface area contributed by atoms with Crippen LogP contribution >= 0.6 is 27.7 Å². The van der Waals surface area contributed by atoms with Gasteiger partial charge in [-0.05, 0) is 40.2 Å². The topological polar surface area (TPSA) is 69.0 Å². The molecule has 1 heterocycles.